The van der Waals surface area contributed by atoms with Crippen molar-refractivity contribution in [3.63, 3.8) is 0 Å². The second kappa shape index (κ2) is 11.2. The molecule has 1 fully saturated rings. The number of hydrogen-bond acceptors (Lipinski definition) is 6. The van der Waals surface area contributed by atoms with Gasteiger partial charge in [-0.15, -0.1) is 0 Å². The Balaban J connectivity index is 1.26. The molecule has 3 aromatic carbocycles. The summed E-state index contributed by atoms with van der Waals surface area (Å²) in [4.78, 5) is 2.31. The van der Waals surface area contributed by atoms with Crippen molar-refractivity contribution in [2.24, 2.45) is 0 Å². The lowest BCUT2D eigenvalue weighted by Gasteiger charge is -2.30. The van der Waals surface area contributed by atoms with Crippen LogP contribution in [-0.4, -0.2) is 49.0 Å². The highest BCUT2D eigenvalue weighted by atomic mass is 35.5. The molecular formula is C31H33ClFNO5. The van der Waals surface area contributed by atoms with Gasteiger partial charge in [0.05, 0.1) is 17.7 Å². The zero-order valence-corrected chi connectivity index (χ0v) is 22.8. The standard InChI is InChI=1S/C31H33ClFNO5/c1-2-36-28-17-29(25(32)16-19(28)18-34-12-10-20(35)11-13-34)39-26-8-6-22-21(4-3-5-23(22)26)24-7-9-27-31(30(24)33)38-15-14-37-27/h3-5,7,9,16-17,20,26,35H,2,6,8,10-15,18H2,1H3/t26-/m0/s1. The molecule has 0 radical (unpaired) electrons. The van der Waals surface area contributed by atoms with Gasteiger partial charge in [-0.1, -0.05) is 29.8 Å². The average Bonchev–Trinajstić information content (AvgIpc) is 3.36. The Morgan fingerprint density at radius 1 is 1.03 bits per heavy atom. The van der Waals surface area contributed by atoms with Gasteiger partial charge in [0, 0.05) is 36.8 Å². The van der Waals surface area contributed by atoms with Crippen LogP contribution < -0.4 is 18.9 Å². The Kier molecular flexibility index (Phi) is 7.56. The van der Waals surface area contributed by atoms with Gasteiger partial charge < -0.3 is 24.1 Å². The van der Waals surface area contributed by atoms with Crippen molar-refractivity contribution in [1.29, 1.82) is 0 Å². The van der Waals surface area contributed by atoms with Crippen LogP contribution in [0.25, 0.3) is 11.1 Å². The van der Waals surface area contributed by atoms with Gasteiger partial charge in [0.15, 0.2) is 17.3 Å². The maximum atomic E-state index is 15.5. The molecule has 0 bridgehead atoms. The van der Waals surface area contributed by atoms with E-state index < -0.39 is 5.82 Å². The van der Waals surface area contributed by atoms with Gasteiger partial charge in [-0.3, -0.25) is 4.90 Å². The lowest BCUT2D eigenvalue weighted by molar-refractivity contribution is 0.0788. The fourth-order valence-electron chi connectivity index (χ4n) is 5.83. The molecule has 2 aliphatic heterocycles. The van der Waals surface area contributed by atoms with Crippen molar-refractivity contribution < 1.29 is 28.4 Å². The highest BCUT2D eigenvalue weighted by Crippen LogP contribution is 2.45. The Bertz CT molecular complexity index is 1360. The van der Waals surface area contributed by atoms with E-state index in [0.29, 0.717) is 48.5 Å². The molecule has 0 saturated carbocycles. The molecule has 0 aromatic heterocycles. The molecule has 1 aliphatic carbocycles. The molecule has 206 valence electrons. The summed E-state index contributed by atoms with van der Waals surface area (Å²) in [5.74, 6) is 1.56. The molecule has 3 aliphatic rings. The number of hydrogen-bond donors (Lipinski definition) is 1. The number of rotatable bonds is 7. The van der Waals surface area contributed by atoms with Gasteiger partial charge >= 0.3 is 0 Å². The summed E-state index contributed by atoms with van der Waals surface area (Å²) < 4.78 is 39.1. The number of likely N-dealkylation sites (tertiary alicyclic amines) is 1. The first-order valence-corrected chi connectivity index (χ1v) is 14.1. The average molecular weight is 554 g/mol. The predicted octanol–water partition coefficient (Wildman–Crippen LogP) is 6.34. The molecule has 6 rings (SSSR count). The number of nitrogens with zero attached hydrogens (tertiary/aromatic N) is 1. The topological polar surface area (TPSA) is 60.4 Å². The zero-order chi connectivity index (χ0) is 26.9. The van der Waals surface area contributed by atoms with Crippen molar-refractivity contribution in [3.8, 4) is 34.1 Å². The molecule has 0 spiro atoms. The van der Waals surface area contributed by atoms with Crippen molar-refractivity contribution in [1.82, 2.24) is 4.90 Å². The molecule has 1 atom stereocenters. The summed E-state index contributed by atoms with van der Waals surface area (Å²) >= 11 is 6.75. The van der Waals surface area contributed by atoms with Gasteiger partial charge in [-0.05, 0) is 67.5 Å². The van der Waals surface area contributed by atoms with Crippen LogP contribution >= 0.6 is 11.6 Å². The monoisotopic (exact) mass is 553 g/mol. The molecule has 0 amide bonds. The molecule has 8 heteroatoms. The van der Waals surface area contributed by atoms with Crippen molar-refractivity contribution in [3.05, 3.63) is 70.0 Å². The van der Waals surface area contributed by atoms with E-state index >= 15 is 4.39 Å². The number of halogens is 2. The molecule has 39 heavy (non-hydrogen) atoms. The third-order valence-electron chi connectivity index (χ3n) is 7.79. The minimum absolute atomic E-state index is 0.179. The lowest BCUT2D eigenvalue weighted by atomic mass is 9.96. The molecule has 6 nitrogen and oxygen atoms in total. The number of ether oxygens (including phenoxy) is 4. The number of aliphatic hydroxyl groups excluding tert-OH is 1. The second-order valence-electron chi connectivity index (χ2n) is 10.3. The normalized spacial score (nSPS) is 19.1. The fourth-order valence-corrected chi connectivity index (χ4v) is 6.06. The Morgan fingerprint density at radius 3 is 2.67 bits per heavy atom. The molecular weight excluding hydrogens is 521 g/mol. The highest BCUT2D eigenvalue weighted by molar-refractivity contribution is 6.32. The van der Waals surface area contributed by atoms with E-state index in [0.717, 1.165) is 66.8 Å². The summed E-state index contributed by atoms with van der Waals surface area (Å²) in [6, 6.07) is 13.3. The third kappa shape index (κ3) is 5.28. The van der Waals surface area contributed by atoms with Crippen LogP contribution in [0.5, 0.6) is 23.0 Å². The van der Waals surface area contributed by atoms with Crippen LogP contribution in [0.4, 0.5) is 4.39 Å². The number of piperidine rings is 1. The number of aliphatic hydroxyl groups is 1. The van der Waals surface area contributed by atoms with E-state index in [9.17, 15) is 5.11 Å². The molecule has 1 N–H and O–H groups in total. The summed E-state index contributed by atoms with van der Waals surface area (Å²) in [6.45, 7) is 5.63. The van der Waals surface area contributed by atoms with E-state index in [4.69, 9.17) is 30.5 Å². The van der Waals surface area contributed by atoms with E-state index in [1.807, 2.05) is 37.3 Å². The van der Waals surface area contributed by atoms with Crippen molar-refractivity contribution in [2.45, 2.75) is 51.4 Å². The van der Waals surface area contributed by atoms with Crippen LogP contribution in [0, 0.1) is 5.82 Å². The summed E-state index contributed by atoms with van der Waals surface area (Å²) in [6.07, 6.45) is 2.65. The van der Waals surface area contributed by atoms with Crippen LogP contribution in [0.3, 0.4) is 0 Å². The minimum atomic E-state index is -0.395. The Hall–Kier alpha value is -3.00. The Labute approximate surface area is 233 Å². The maximum Gasteiger partial charge on any atom is 0.197 e. The van der Waals surface area contributed by atoms with Gasteiger partial charge in [0.2, 0.25) is 0 Å². The first-order valence-electron chi connectivity index (χ1n) is 13.7. The quantitative estimate of drug-likeness (QED) is 0.368. The van der Waals surface area contributed by atoms with E-state index in [2.05, 4.69) is 4.90 Å². The predicted molar refractivity (Wildman–Crippen MR) is 148 cm³/mol. The van der Waals surface area contributed by atoms with Crippen LogP contribution in [0.2, 0.25) is 5.02 Å². The van der Waals surface area contributed by atoms with Crippen LogP contribution in [-0.2, 0) is 13.0 Å². The summed E-state index contributed by atoms with van der Waals surface area (Å²) in [5.41, 5.74) is 4.46. The molecule has 3 aromatic rings. The van der Waals surface area contributed by atoms with Crippen LogP contribution in [0.1, 0.15) is 49.0 Å². The molecule has 2 heterocycles. The second-order valence-corrected chi connectivity index (χ2v) is 10.7. The third-order valence-corrected chi connectivity index (χ3v) is 8.08. The highest BCUT2D eigenvalue weighted by Gasteiger charge is 2.30. The van der Waals surface area contributed by atoms with Crippen molar-refractivity contribution >= 4 is 11.6 Å². The number of benzene rings is 3. The minimum Gasteiger partial charge on any atom is -0.493 e. The smallest absolute Gasteiger partial charge is 0.197 e. The van der Waals surface area contributed by atoms with Crippen molar-refractivity contribution in [2.75, 3.05) is 32.9 Å². The van der Waals surface area contributed by atoms with E-state index in [1.54, 1.807) is 12.1 Å². The first kappa shape index (κ1) is 26.2. The molecule has 1 saturated heterocycles. The molecule has 0 unspecified atom stereocenters. The zero-order valence-electron chi connectivity index (χ0n) is 22.1. The summed E-state index contributed by atoms with van der Waals surface area (Å²) in [5, 5.41) is 10.4. The van der Waals surface area contributed by atoms with Crippen LogP contribution in [0.15, 0.2) is 42.5 Å². The first-order chi connectivity index (χ1) is 19.0. The number of fused-ring (bicyclic) bond motifs is 2. The summed E-state index contributed by atoms with van der Waals surface area (Å²) in [7, 11) is 0. The fraction of sp³-hybridized carbons (Fsp3) is 0.419. The van der Waals surface area contributed by atoms with Gasteiger partial charge in [-0.2, -0.15) is 0 Å². The largest absolute Gasteiger partial charge is 0.493 e. The van der Waals surface area contributed by atoms with Gasteiger partial charge in [-0.25, -0.2) is 4.39 Å². The van der Waals surface area contributed by atoms with Gasteiger partial charge in [0.1, 0.15) is 30.8 Å². The SMILES string of the molecule is CCOc1cc(O[C@H]2CCc3c(-c4ccc5c(c4F)OCCO5)cccc32)c(Cl)cc1CN1CCC(O)CC1. The van der Waals surface area contributed by atoms with Gasteiger partial charge in [0.25, 0.3) is 0 Å². The van der Waals surface area contributed by atoms with E-state index in [-0.39, 0.29) is 18.0 Å². The Morgan fingerprint density at radius 2 is 1.85 bits per heavy atom. The maximum absolute atomic E-state index is 15.5. The van der Waals surface area contributed by atoms with E-state index in [1.165, 1.54) is 0 Å². The lowest BCUT2D eigenvalue weighted by Crippen LogP contribution is -2.35.